The van der Waals surface area contributed by atoms with E-state index in [-0.39, 0.29) is 16.8 Å². The van der Waals surface area contributed by atoms with Crippen molar-refractivity contribution in [3.8, 4) is 0 Å². The minimum Gasteiger partial charge on any atom is -0.306 e. The summed E-state index contributed by atoms with van der Waals surface area (Å²) in [5.41, 5.74) is 1.91. The van der Waals surface area contributed by atoms with Gasteiger partial charge < -0.3 is 5.32 Å². The Morgan fingerprint density at radius 3 is 2.76 bits per heavy atom. The van der Waals surface area contributed by atoms with Gasteiger partial charge in [0.1, 0.15) is 5.02 Å². The van der Waals surface area contributed by atoms with E-state index >= 15 is 0 Å². The van der Waals surface area contributed by atoms with Crippen LogP contribution in [0.3, 0.4) is 0 Å². The third-order valence-corrected chi connectivity index (χ3v) is 3.98. The van der Waals surface area contributed by atoms with Crippen molar-refractivity contribution in [2.75, 3.05) is 0 Å². The van der Waals surface area contributed by atoms with Gasteiger partial charge in [-0.2, -0.15) is 0 Å². The average molecular weight is 370 g/mol. The standard InChI is InChI=1S/C15H14BrClN2O2/c1-10(12-3-2-4-13(16)8-12)18-9-11-5-6-14(17)15(7-11)19(20)21/h2-8,10,18H,9H2,1H3/t10-/m1/s1. The SMILES string of the molecule is C[C@@H](NCc1ccc(Cl)c([N+](=O)[O-])c1)c1cccc(Br)c1. The number of benzene rings is 2. The molecule has 0 radical (unpaired) electrons. The third-order valence-electron chi connectivity index (χ3n) is 3.17. The predicted octanol–water partition coefficient (Wildman–Crippen LogP) is 4.86. The number of halogens is 2. The molecule has 0 fully saturated rings. The van der Waals surface area contributed by atoms with E-state index < -0.39 is 4.92 Å². The molecule has 0 spiro atoms. The highest BCUT2D eigenvalue weighted by molar-refractivity contribution is 9.10. The number of nitro benzene ring substituents is 1. The molecule has 0 aliphatic carbocycles. The molecule has 2 aromatic rings. The lowest BCUT2D eigenvalue weighted by molar-refractivity contribution is -0.384. The Labute approximate surface area is 136 Å². The summed E-state index contributed by atoms with van der Waals surface area (Å²) >= 11 is 9.24. The Morgan fingerprint density at radius 1 is 1.33 bits per heavy atom. The second-order valence-corrected chi connectivity index (χ2v) is 6.02. The third kappa shape index (κ3) is 4.27. The van der Waals surface area contributed by atoms with Crippen LogP contribution in [0.15, 0.2) is 46.9 Å². The fourth-order valence-electron chi connectivity index (χ4n) is 1.97. The van der Waals surface area contributed by atoms with E-state index in [2.05, 4.69) is 21.2 Å². The van der Waals surface area contributed by atoms with Crippen LogP contribution in [0.1, 0.15) is 24.1 Å². The second-order valence-electron chi connectivity index (χ2n) is 4.70. The van der Waals surface area contributed by atoms with Crippen LogP contribution >= 0.6 is 27.5 Å². The van der Waals surface area contributed by atoms with Crippen LogP contribution in [0.4, 0.5) is 5.69 Å². The Balaban J connectivity index is 2.06. The number of nitrogens with zero attached hydrogens (tertiary/aromatic N) is 1. The van der Waals surface area contributed by atoms with Gasteiger partial charge in [-0.25, -0.2) is 0 Å². The molecule has 2 rings (SSSR count). The molecule has 0 aliphatic heterocycles. The summed E-state index contributed by atoms with van der Waals surface area (Å²) < 4.78 is 1.02. The molecule has 2 aromatic carbocycles. The van der Waals surface area contributed by atoms with Gasteiger partial charge in [0.15, 0.2) is 0 Å². The van der Waals surface area contributed by atoms with Crippen molar-refractivity contribution in [1.29, 1.82) is 0 Å². The number of nitro groups is 1. The zero-order valence-corrected chi connectivity index (χ0v) is 13.7. The summed E-state index contributed by atoms with van der Waals surface area (Å²) in [6, 6.07) is 13.0. The van der Waals surface area contributed by atoms with Gasteiger partial charge in [0.05, 0.1) is 4.92 Å². The summed E-state index contributed by atoms with van der Waals surface area (Å²) in [4.78, 5) is 10.4. The molecule has 0 amide bonds. The van der Waals surface area contributed by atoms with Gasteiger partial charge in [0.25, 0.3) is 5.69 Å². The van der Waals surface area contributed by atoms with E-state index in [4.69, 9.17) is 11.6 Å². The minimum absolute atomic E-state index is 0.0638. The quantitative estimate of drug-likeness (QED) is 0.605. The highest BCUT2D eigenvalue weighted by Crippen LogP contribution is 2.25. The average Bonchev–Trinajstić information content (AvgIpc) is 2.45. The molecule has 0 heterocycles. The first-order chi connectivity index (χ1) is 9.97. The van der Waals surface area contributed by atoms with E-state index in [1.807, 2.05) is 31.2 Å². The van der Waals surface area contributed by atoms with Crippen molar-refractivity contribution in [2.45, 2.75) is 19.5 Å². The summed E-state index contributed by atoms with van der Waals surface area (Å²) in [5.74, 6) is 0. The van der Waals surface area contributed by atoms with Crippen molar-refractivity contribution in [3.63, 3.8) is 0 Å². The predicted molar refractivity (Wildman–Crippen MR) is 87.5 cm³/mol. The van der Waals surface area contributed by atoms with Crippen molar-refractivity contribution in [3.05, 3.63) is 73.2 Å². The smallest absolute Gasteiger partial charge is 0.288 e. The Kier molecular flexibility index (Phi) is 5.33. The van der Waals surface area contributed by atoms with Crippen LogP contribution in [-0.4, -0.2) is 4.92 Å². The van der Waals surface area contributed by atoms with Gasteiger partial charge in [0.2, 0.25) is 0 Å². The van der Waals surface area contributed by atoms with E-state index in [9.17, 15) is 10.1 Å². The maximum atomic E-state index is 10.9. The molecule has 4 nitrogen and oxygen atoms in total. The van der Waals surface area contributed by atoms with Crippen LogP contribution in [0.5, 0.6) is 0 Å². The fraction of sp³-hybridized carbons (Fsp3) is 0.200. The highest BCUT2D eigenvalue weighted by atomic mass is 79.9. The molecule has 6 heteroatoms. The molecule has 0 saturated heterocycles. The van der Waals surface area contributed by atoms with E-state index in [1.54, 1.807) is 12.1 Å². The first-order valence-corrected chi connectivity index (χ1v) is 7.56. The van der Waals surface area contributed by atoms with Crippen molar-refractivity contribution >= 4 is 33.2 Å². The maximum Gasteiger partial charge on any atom is 0.288 e. The summed E-state index contributed by atoms with van der Waals surface area (Å²) in [6.45, 7) is 2.58. The first-order valence-electron chi connectivity index (χ1n) is 6.39. The molecule has 0 unspecified atom stereocenters. The van der Waals surface area contributed by atoms with Crippen LogP contribution in [0, 0.1) is 10.1 Å². The van der Waals surface area contributed by atoms with Crippen molar-refractivity contribution < 1.29 is 4.92 Å². The molecule has 0 saturated carbocycles. The van der Waals surface area contributed by atoms with Gasteiger partial charge in [0, 0.05) is 23.1 Å². The van der Waals surface area contributed by atoms with Crippen molar-refractivity contribution in [1.82, 2.24) is 5.32 Å². The zero-order chi connectivity index (χ0) is 15.4. The Bertz CT molecular complexity index is 664. The maximum absolute atomic E-state index is 10.9. The van der Waals surface area contributed by atoms with Gasteiger partial charge >= 0.3 is 0 Å². The Hall–Kier alpha value is -1.43. The summed E-state index contributed by atoms with van der Waals surface area (Å²) in [5, 5.41) is 14.4. The van der Waals surface area contributed by atoms with Gasteiger partial charge in [-0.05, 0) is 36.2 Å². The molecule has 110 valence electrons. The van der Waals surface area contributed by atoms with Crippen LogP contribution in [0.2, 0.25) is 5.02 Å². The lowest BCUT2D eigenvalue weighted by atomic mass is 10.1. The molecule has 1 atom stereocenters. The lowest BCUT2D eigenvalue weighted by Gasteiger charge is -2.14. The molecule has 0 bridgehead atoms. The largest absolute Gasteiger partial charge is 0.306 e. The Morgan fingerprint density at radius 2 is 2.10 bits per heavy atom. The number of hydrogen-bond donors (Lipinski definition) is 1. The highest BCUT2D eigenvalue weighted by Gasteiger charge is 2.13. The molecule has 0 aliphatic rings. The van der Waals surface area contributed by atoms with E-state index in [0.717, 1.165) is 15.6 Å². The van der Waals surface area contributed by atoms with Crippen molar-refractivity contribution in [2.24, 2.45) is 0 Å². The fourth-order valence-corrected chi connectivity index (χ4v) is 2.58. The number of rotatable bonds is 5. The molecular formula is C15H14BrClN2O2. The van der Waals surface area contributed by atoms with Gasteiger partial charge in [-0.1, -0.05) is 45.7 Å². The molecular weight excluding hydrogens is 356 g/mol. The molecule has 1 N–H and O–H groups in total. The minimum atomic E-state index is -0.469. The lowest BCUT2D eigenvalue weighted by Crippen LogP contribution is -2.18. The second kappa shape index (κ2) is 7.02. The van der Waals surface area contributed by atoms with E-state index in [1.165, 1.54) is 6.07 Å². The molecule has 0 aromatic heterocycles. The van der Waals surface area contributed by atoms with Crippen LogP contribution < -0.4 is 5.32 Å². The molecule has 21 heavy (non-hydrogen) atoms. The first kappa shape index (κ1) is 15.9. The number of hydrogen-bond acceptors (Lipinski definition) is 3. The topological polar surface area (TPSA) is 55.2 Å². The van der Waals surface area contributed by atoms with Gasteiger partial charge in [-0.15, -0.1) is 0 Å². The van der Waals surface area contributed by atoms with E-state index in [0.29, 0.717) is 6.54 Å². The number of nitrogens with one attached hydrogen (secondary N) is 1. The van der Waals surface area contributed by atoms with Crippen LogP contribution in [-0.2, 0) is 6.54 Å². The normalized spacial score (nSPS) is 12.1. The zero-order valence-electron chi connectivity index (χ0n) is 11.3. The monoisotopic (exact) mass is 368 g/mol. The van der Waals surface area contributed by atoms with Gasteiger partial charge in [-0.3, -0.25) is 10.1 Å². The summed E-state index contributed by atoms with van der Waals surface area (Å²) in [6.07, 6.45) is 0. The summed E-state index contributed by atoms with van der Waals surface area (Å²) in [7, 11) is 0. The van der Waals surface area contributed by atoms with Crippen LogP contribution in [0.25, 0.3) is 0 Å².